The molecular weight excluding hydrogens is 208 g/mol. The van der Waals surface area contributed by atoms with E-state index >= 15 is 0 Å². The summed E-state index contributed by atoms with van der Waals surface area (Å²) >= 11 is 0. The van der Waals surface area contributed by atoms with Crippen LogP contribution < -0.4 is 0 Å². The first-order valence-electron chi connectivity index (χ1n) is 5.97. The van der Waals surface area contributed by atoms with Gasteiger partial charge >= 0.3 is 0 Å². The van der Waals surface area contributed by atoms with Crippen LogP contribution in [0, 0.1) is 0 Å². The second-order valence-electron chi connectivity index (χ2n) is 4.57. The Morgan fingerprint density at radius 1 is 1.19 bits per heavy atom. The summed E-state index contributed by atoms with van der Waals surface area (Å²) < 4.78 is 11.5. The summed E-state index contributed by atoms with van der Waals surface area (Å²) in [7, 11) is 0. The third-order valence-corrected chi connectivity index (χ3v) is 3.46. The van der Waals surface area contributed by atoms with E-state index in [2.05, 4.69) is 6.58 Å². The van der Waals surface area contributed by atoms with Crippen LogP contribution in [0.15, 0.2) is 12.7 Å². The quantitative estimate of drug-likeness (QED) is 0.693. The third-order valence-electron chi connectivity index (χ3n) is 3.46. The molecule has 2 fully saturated rings. The van der Waals surface area contributed by atoms with E-state index in [-0.39, 0.29) is 31.0 Å². The average Bonchev–Trinajstić information content (AvgIpc) is 2.95. The minimum absolute atomic E-state index is 0.0659. The van der Waals surface area contributed by atoms with Gasteiger partial charge in [-0.3, -0.25) is 0 Å². The van der Waals surface area contributed by atoms with E-state index in [1.807, 2.05) is 6.08 Å². The molecular formula is C12H20O4. The Morgan fingerprint density at radius 2 is 1.88 bits per heavy atom. The second-order valence-corrected chi connectivity index (χ2v) is 4.57. The summed E-state index contributed by atoms with van der Waals surface area (Å²) in [5.74, 6) is 0. The Kier molecular flexibility index (Phi) is 3.97. The van der Waals surface area contributed by atoms with Crippen LogP contribution in [0.25, 0.3) is 0 Å². The minimum Gasteiger partial charge on any atom is -0.394 e. The molecule has 2 saturated heterocycles. The highest BCUT2D eigenvalue weighted by molar-refractivity contribution is 4.92. The van der Waals surface area contributed by atoms with Gasteiger partial charge in [-0.05, 0) is 25.7 Å². The number of aliphatic hydroxyl groups excluding tert-OH is 2. The number of aliphatic hydroxyl groups is 2. The first kappa shape index (κ1) is 12.0. The van der Waals surface area contributed by atoms with Gasteiger partial charge in [-0.25, -0.2) is 0 Å². The van der Waals surface area contributed by atoms with Crippen molar-refractivity contribution < 1.29 is 19.7 Å². The number of rotatable bonds is 4. The van der Waals surface area contributed by atoms with Crippen molar-refractivity contribution in [1.29, 1.82) is 0 Å². The highest BCUT2D eigenvalue weighted by Crippen LogP contribution is 2.32. The largest absolute Gasteiger partial charge is 0.394 e. The molecule has 0 aromatic rings. The van der Waals surface area contributed by atoms with Crippen LogP contribution in [0.4, 0.5) is 0 Å². The molecule has 4 heteroatoms. The van der Waals surface area contributed by atoms with Gasteiger partial charge in [-0.15, -0.1) is 6.58 Å². The molecule has 2 aliphatic heterocycles. The fourth-order valence-electron chi connectivity index (χ4n) is 2.50. The van der Waals surface area contributed by atoms with Crippen molar-refractivity contribution >= 4 is 0 Å². The first-order chi connectivity index (χ1) is 7.74. The Morgan fingerprint density at radius 3 is 2.50 bits per heavy atom. The lowest BCUT2D eigenvalue weighted by molar-refractivity contribution is -0.0953. The van der Waals surface area contributed by atoms with Crippen molar-refractivity contribution in [2.75, 3.05) is 6.61 Å². The van der Waals surface area contributed by atoms with Gasteiger partial charge in [0.15, 0.2) is 0 Å². The zero-order chi connectivity index (χ0) is 11.5. The van der Waals surface area contributed by atoms with Gasteiger partial charge in [0.05, 0.1) is 31.0 Å². The molecule has 92 valence electrons. The molecule has 0 amide bonds. The van der Waals surface area contributed by atoms with Crippen LogP contribution in [0.5, 0.6) is 0 Å². The molecule has 2 aliphatic rings. The maximum absolute atomic E-state index is 9.48. The summed E-state index contributed by atoms with van der Waals surface area (Å²) in [6.07, 6.45) is 4.86. The lowest BCUT2D eigenvalue weighted by atomic mass is 10.1. The van der Waals surface area contributed by atoms with E-state index in [1.165, 1.54) is 0 Å². The molecule has 0 aromatic carbocycles. The van der Waals surface area contributed by atoms with Gasteiger partial charge in [0.2, 0.25) is 0 Å². The molecule has 5 atom stereocenters. The van der Waals surface area contributed by atoms with Crippen LogP contribution in [0.2, 0.25) is 0 Å². The molecule has 4 nitrogen and oxygen atoms in total. The zero-order valence-corrected chi connectivity index (χ0v) is 9.42. The molecule has 16 heavy (non-hydrogen) atoms. The molecule has 0 radical (unpaired) electrons. The van der Waals surface area contributed by atoms with Gasteiger partial charge in [0.1, 0.15) is 6.10 Å². The predicted molar refractivity (Wildman–Crippen MR) is 59.1 cm³/mol. The van der Waals surface area contributed by atoms with Crippen LogP contribution in [0.3, 0.4) is 0 Å². The molecule has 2 heterocycles. The maximum Gasteiger partial charge on any atom is 0.103 e. The van der Waals surface area contributed by atoms with Gasteiger partial charge < -0.3 is 19.7 Å². The van der Waals surface area contributed by atoms with Crippen molar-refractivity contribution in [3.8, 4) is 0 Å². The van der Waals surface area contributed by atoms with Crippen molar-refractivity contribution in [2.24, 2.45) is 0 Å². The van der Waals surface area contributed by atoms with Gasteiger partial charge in [0, 0.05) is 0 Å². The minimum atomic E-state index is -0.762. The van der Waals surface area contributed by atoms with Gasteiger partial charge in [-0.2, -0.15) is 0 Å². The Labute approximate surface area is 95.9 Å². The fourth-order valence-corrected chi connectivity index (χ4v) is 2.50. The molecule has 0 aromatic heterocycles. The summed E-state index contributed by atoms with van der Waals surface area (Å²) in [5, 5.41) is 18.3. The SMILES string of the molecule is C=C[C@H]1CC[C@H]([C@H]2CC[C@H]([C@@H](O)CO)O2)O1. The normalized spacial score (nSPS) is 41.1. The predicted octanol–water partition coefficient (Wildman–Crippen LogP) is 0.621. The van der Waals surface area contributed by atoms with Crippen molar-refractivity contribution in [3.63, 3.8) is 0 Å². The van der Waals surface area contributed by atoms with E-state index in [9.17, 15) is 5.11 Å². The van der Waals surface area contributed by atoms with E-state index < -0.39 is 6.10 Å². The third kappa shape index (κ3) is 2.46. The lowest BCUT2D eigenvalue weighted by Crippen LogP contribution is -2.32. The molecule has 2 rings (SSSR count). The lowest BCUT2D eigenvalue weighted by Gasteiger charge is -2.21. The van der Waals surface area contributed by atoms with Gasteiger partial charge in [-0.1, -0.05) is 6.08 Å². The highest BCUT2D eigenvalue weighted by atomic mass is 16.6. The van der Waals surface area contributed by atoms with E-state index in [1.54, 1.807) is 0 Å². The topological polar surface area (TPSA) is 58.9 Å². The van der Waals surface area contributed by atoms with Crippen molar-refractivity contribution in [2.45, 2.75) is 56.2 Å². The Bertz CT molecular complexity index is 243. The molecule has 0 bridgehead atoms. The summed E-state index contributed by atoms with van der Waals surface area (Å²) in [6, 6.07) is 0. The van der Waals surface area contributed by atoms with E-state index in [0.717, 1.165) is 25.7 Å². The maximum atomic E-state index is 9.48. The van der Waals surface area contributed by atoms with Crippen molar-refractivity contribution in [1.82, 2.24) is 0 Å². The van der Waals surface area contributed by atoms with Crippen LogP contribution in [-0.2, 0) is 9.47 Å². The van der Waals surface area contributed by atoms with E-state index in [0.29, 0.717) is 0 Å². The highest BCUT2D eigenvalue weighted by Gasteiger charge is 2.38. The number of hydrogen-bond donors (Lipinski definition) is 2. The van der Waals surface area contributed by atoms with Crippen LogP contribution >= 0.6 is 0 Å². The molecule has 2 N–H and O–H groups in total. The average molecular weight is 228 g/mol. The summed E-state index contributed by atoms with van der Waals surface area (Å²) in [4.78, 5) is 0. The fraction of sp³-hybridized carbons (Fsp3) is 0.833. The smallest absolute Gasteiger partial charge is 0.103 e. The number of ether oxygens (including phenoxy) is 2. The second kappa shape index (κ2) is 5.27. The Hall–Kier alpha value is -0.420. The Balaban J connectivity index is 1.82. The summed E-state index contributed by atoms with van der Waals surface area (Å²) in [6.45, 7) is 3.48. The molecule has 0 spiro atoms. The first-order valence-corrected chi connectivity index (χ1v) is 5.97. The molecule has 0 saturated carbocycles. The van der Waals surface area contributed by atoms with Crippen LogP contribution in [-0.4, -0.2) is 47.3 Å². The molecule has 0 unspecified atom stereocenters. The summed E-state index contributed by atoms with van der Waals surface area (Å²) in [5.41, 5.74) is 0. The van der Waals surface area contributed by atoms with Crippen LogP contribution in [0.1, 0.15) is 25.7 Å². The zero-order valence-electron chi connectivity index (χ0n) is 9.42. The van der Waals surface area contributed by atoms with E-state index in [4.69, 9.17) is 14.6 Å². The van der Waals surface area contributed by atoms with Crippen molar-refractivity contribution in [3.05, 3.63) is 12.7 Å². The molecule has 0 aliphatic carbocycles. The monoisotopic (exact) mass is 228 g/mol. The van der Waals surface area contributed by atoms with Gasteiger partial charge in [0.25, 0.3) is 0 Å². The standard InChI is InChI=1S/C12H20O4/c1-2-8-3-4-11(15-8)12-6-5-10(16-12)9(14)7-13/h2,8-14H,1,3-7H2/t8-,9-,10+,11+,12+/m0/s1. The number of hydrogen-bond acceptors (Lipinski definition) is 4.